The van der Waals surface area contributed by atoms with Gasteiger partial charge in [0.25, 0.3) is 11.6 Å². The van der Waals surface area contributed by atoms with Crippen LogP contribution >= 0.6 is 11.8 Å². The number of rotatable bonds is 2. The number of ether oxygens (including phenoxy) is 8. The number of hydrogen-bond donors (Lipinski definition) is 15. The summed E-state index contributed by atoms with van der Waals surface area (Å²) in [5.41, 5.74) is -6.97. The highest BCUT2D eigenvalue weighted by atomic mass is 32.2. The molecule has 4 bridgehead atoms. The predicted octanol–water partition coefficient (Wildman–Crippen LogP) is -1.16. The number of carbonyl (C=O) groups is 5. The van der Waals surface area contributed by atoms with Crippen LogP contribution in [0.5, 0.6) is 69.0 Å². The zero-order valence-electron chi connectivity index (χ0n) is 35.6. The van der Waals surface area contributed by atoms with Gasteiger partial charge in [0.1, 0.15) is 12.7 Å². The molecule has 15 N–H and O–H groups in total. The zero-order chi connectivity index (χ0) is 52.0. The third-order valence-corrected chi connectivity index (χ3v) is 14.3. The minimum atomic E-state index is -4.02. The number of aromatic hydroxyl groups is 11. The summed E-state index contributed by atoms with van der Waals surface area (Å²) in [7, 11) is 0. The van der Waals surface area contributed by atoms with E-state index < -0.39 is 216 Å². The number of fused-ring (bicyclic) bond motifs is 5. The van der Waals surface area contributed by atoms with Gasteiger partial charge in [0.15, 0.2) is 64.0 Å². The van der Waals surface area contributed by atoms with Crippen molar-refractivity contribution in [2.24, 2.45) is 5.92 Å². The minimum absolute atomic E-state index is 0.127. The first-order valence-electron chi connectivity index (χ1n) is 20.7. The van der Waals surface area contributed by atoms with Crippen LogP contribution in [0.2, 0.25) is 0 Å². The molecule has 72 heavy (non-hydrogen) atoms. The Balaban J connectivity index is 1.22. The molecule has 5 aliphatic heterocycles. The van der Waals surface area contributed by atoms with Crippen LogP contribution in [0.4, 0.5) is 0 Å². The van der Waals surface area contributed by atoms with E-state index in [2.05, 4.69) is 0 Å². The molecular weight excluding hydrogens is 997 g/mol. The van der Waals surface area contributed by atoms with Crippen molar-refractivity contribution in [3.05, 3.63) is 58.1 Å². The van der Waals surface area contributed by atoms with E-state index in [0.717, 1.165) is 0 Å². The maximum atomic E-state index is 15.2. The molecule has 380 valence electrons. The topological polar surface area (TPSA) is 463 Å². The standard InChI is InChI=1S/C43H34O28S/c44-13-3-9(4-14(45)24(13)49)35(55)70-40-33-32-30(18(66-40)8-64-36(56)10-5-15(46)25(50)28(53)19(10)20-11(37(57)68-32)6-16(47)26(51)29(20)54)67-39(59)22-23-21-12(38(58)69-33)7-17(48)27(52)31(21)71-41(23,60)43(62,63)42(61)34(22)72-2-1-65-42/h3-7,18,22-23,30,32-34,40,44-54,60-63H,1-2,8H2/t18-,22-,23-,30-,32+,33-,34+,40+,41-,42?/m1/s1. The van der Waals surface area contributed by atoms with Gasteiger partial charge in [-0.2, -0.15) is 0 Å². The Bertz CT molecular complexity index is 3080. The molecule has 0 radical (unpaired) electrons. The molecule has 4 aromatic carbocycles. The summed E-state index contributed by atoms with van der Waals surface area (Å²) in [6, 6.07) is 2.47. The average Bonchev–Trinajstić information content (AvgIpc) is 3.65. The highest BCUT2D eigenvalue weighted by Crippen LogP contribution is 2.66. The molecule has 6 aliphatic rings. The van der Waals surface area contributed by atoms with Crippen LogP contribution in [0.15, 0.2) is 30.3 Å². The van der Waals surface area contributed by atoms with Crippen molar-refractivity contribution in [3.63, 3.8) is 0 Å². The Kier molecular flexibility index (Phi) is 10.6. The molecule has 10 atom stereocenters. The lowest BCUT2D eigenvalue weighted by molar-refractivity contribution is -0.470. The van der Waals surface area contributed by atoms with E-state index in [1.165, 1.54) is 0 Å². The van der Waals surface area contributed by atoms with Gasteiger partial charge in [0.2, 0.25) is 35.4 Å². The van der Waals surface area contributed by atoms with Crippen molar-refractivity contribution < 1.29 is 138 Å². The Labute approximate surface area is 401 Å². The van der Waals surface area contributed by atoms with Gasteiger partial charge in [-0.3, -0.25) is 4.79 Å². The number of phenols is 11. The summed E-state index contributed by atoms with van der Waals surface area (Å²) in [6.45, 7) is -1.77. The Morgan fingerprint density at radius 2 is 1.15 bits per heavy atom. The van der Waals surface area contributed by atoms with Crippen molar-refractivity contribution in [1.82, 2.24) is 0 Å². The maximum absolute atomic E-state index is 15.2. The van der Waals surface area contributed by atoms with Gasteiger partial charge in [-0.1, -0.05) is 0 Å². The van der Waals surface area contributed by atoms with Gasteiger partial charge < -0.3 is 114 Å². The highest BCUT2D eigenvalue weighted by Gasteiger charge is 2.82. The predicted molar refractivity (Wildman–Crippen MR) is 222 cm³/mol. The highest BCUT2D eigenvalue weighted by molar-refractivity contribution is 8.00. The van der Waals surface area contributed by atoms with E-state index in [9.17, 15) is 95.8 Å². The Morgan fingerprint density at radius 1 is 0.611 bits per heavy atom. The molecule has 5 heterocycles. The second-order valence-electron chi connectivity index (χ2n) is 16.9. The molecule has 2 saturated heterocycles. The molecule has 10 rings (SSSR count). The summed E-state index contributed by atoms with van der Waals surface area (Å²) in [5.74, 6) is -39.7. The van der Waals surface area contributed by atoms with E-state index in [0.29, 0.717) is 42.1 Å². The van der Waals surface area contributed by atoms with E-state index in [1.807, 2.05) is 0 Å². The molecule has 0 aromatic heterocycles. The van der Waals surface area contributed by atoms with Crippen LogP contribution in [0, 0.1) is 5.92 Å². The molecule has 1 saturated carbocycles. The van der Waals surface area contributed by atoms with Gasteiger partial charge in [-0.15, -0.1) is 11.8 Å². The number of phenolic OH excluding ortho intramolecular Hbond substituents is 11. The molecule has 0 spiro atoms. The van der Waals surface area contributed by atoms with Gasteiger partial charge in [0.05, 0.1) is 45.9 Å². The number of esters is 5. The van der Waals surface area contributed by atoms with Gasteiger partial charge in [-0.25, -0.2) is 19.2 Å². The Morgan fingerprint density at radius 3 is 1.78 bits per heavy atom. The number of thioether (sulfide) groups is 1. The minimum Gasteiger partial charge on any atom is -0.504 e. The third-order valence-electron chi connectivity index (χ3n) is 13.0. The number of benzene rings is 4. The molecule has 3 fully saturated rings. The number of cyclic esters (lactones) is 1. The second-order valence-corrected chi connectivity index (χ2v) is 18.2. The fourth-order valence-corrected chi connectivity index (χ4v) is 11.0. The van der Waals surface area contributed by atoms with Gasteiger partial charge in [0, 0.05) is 22.4 Å². The van der Waals surface area contributed by atoms with Crippen molar-refractivity contribution >= 4 is 41.6 Å². The maximum Gasteiger partial charge on any atom is 0.340 e. The monoisotopic (exact) mass is 1030 g/mol. The number of carbonyl (C=O) groups excluding carboxylic acids is 5. The van der Waals surface area contributed by atoms with Gasteiger partial charge >= 0.3 is 29.8 Å². The average molecular weight is 1030 g/mol. The first-order chi connectivity index (χ1) is 33.8. The molecule has 0 amide bonds. The smallest absolute Gasteiger partial charge is 0.340 e. The largest absolute Gasteiger partial charge is 0.504 e. The quantitative estimate of drug-likeness (QED) is 0.0487. The molecule has 29 heteroatoms. The number of aliphatic hydroxyl groups is 4. The molecule has 1 aliphatic carbocycles. The third kappa shape index (κ3) is 6.51. The van der Waals surface area contributed by atoms with E-state index >= 15 is 4.79 Å². The summed E-state index contributed by atoms with van der Waals surface area (Å²) in [5, 5.41) is 163. The van der Waals surface area contributed by atoms with Crippen LogP contribution in [-0.2, 0) is 38.0 Å². The van der Waals surface area contributed by atoms with Gasteiger partial charge in [-0.05, 0) is 30.3 Å². The lowest BCUT2D eigenvalue weighted by Crippen LogP contribution is -2.81. The van der Waals surface area contributed by atoms with Crippen molar-refractivity contribution in [2.45, 2.75) is 59.2 Å². The molecule has 28 nitrogen and oxygen atoms in total. The van der Waals surface area contributed by atoms with E-state index in [1.54, 1.807) is 0 Å². The Hall–Kier alpha value is -8.06. The van der Waals surface area contributed by atoms with Crippen molar-refractivity contribution in [1.29, 1.82) is 0 Å². The summed E-state index contributed by atoms with van der Waals surface area (Å²) >= 11 is 0.631. The van der Waals surface area contributed by atoms with Crippen LogP contribution < -0.4 is 4.74 Å². The zero-order valence-corrected chi connectivity index (χ0v) is 36.4. The van der Waals surface area contributed by atoms with E-state index in [4.69, 9.17) is 37.9 Å². The SMILES string of the molecule is O=C(O[C@@H]1O[C@@H]2COC(=O)c3cc(O)c(O)c(O)c3-c3c(cc(O)c(O)c3O)C(=O)O[C@@H]3[C@H]1OC(=O)c1cc(O)c(O)c4c1[C@@H]1[C@@H](C(=O)O[C@@H]32)[C@@H]2SCCOC2(O)C(O)(O)[C@]1(O)O4)c1cc(O)c(O)c(O)c1. The van der Waals surface area contributed by atoms with Crippen molar-refractivity contribution in [3.8, 4) is 80.1 Å². The summed E-state index contributed by atoms with van der Waals surface area (Å²) < 4.78 is 45.5. The first-order valence-corrected chi connectivity index (χ1v) is 21.8. The lowest BCUT2D eigenvalue weighted by Gasteiger charge is -2.58. The molecule has 4 aromatic rings. The van der Waals surface area contributed by atoms with E-state index in [-0.39, 0.29) is 5.75 Å². The van der Waals surface area contributed by atoms with Crippen LogP contribution in [0.1, 0.15) is 52.9 Å². The summed E-state index contributed by atoms with van der Waals surface area (Å²) in [4.78, 5) is 72.9. The molecule has 1 unspecified atom stereocenters. The first kappa shape index (κ1) is 47.6. The summed E-state index contributed by atoms with van der Waals surface area (Å²) in [6.07, 6.45) is -12.3. The van der Waals surface area contributed by atoms with Crippen LogP contribution in [0.25, 0.3) is 11.1 Å². The fraction of sp³-hybridized carbons (Fsp3) is 0.326. The lowest BCUT2D eigenvalue weighted by atomic mass is 9.65. The van der Waals surface area contributed by atoms with Crippen LogP contribution in [-0.4, -0.2) is 179 Å². The van der Waals surface area contributed by atoms with Crippen LogP contribution in [0.3, 0.4) is 0 Å². The van der Waals surface area contributed by atoms with Crippen molar-refractivity contribution in [2.75, 3.05) is 19.0 Å². The second kappa shape index (κ2) is 16.0. The normalized spacial score (nSPS) is 30.1. The molecular formula is C43H34O28S. The number of hydrogen-bond acceptors (Lipinski definition) is 29. The fourth-order valence-electron chi connectivity index (χ4n) is 9.60.